The fraction of sp³-hybridized carbons (Fsp3) is 0.107. The van der Waals surface area contributed by atoms with Crippen molar-refractivity contribution in [1.82, 2.24) is 9.73 Å². The molecule has 13 heteroatoms. The molecule has 0 unspecified atom stereocenters. The molecule has 4 rings (SSSR count). The molecular formula is C28H24Cl2N4O6S. The SMILES string of the molecule is COc1ccc(NC(=O)C(=O)N/N=C/c2ccc(CN(Cc3ccc(Cl)cc3)S(=O)(=O)c3ccccc3)o2)cc1Cl. The zero-order valence-electron chi connectivity index (χ0n) is 21.6. The van der Waals surface area contributed by atoms with Gasteiger partial charge in [-0.25, -0.2) is 13.8 Å². The average molecular weight is 615 g/mol. The van der Waals surface area contributed by atoms with Crippen LogP contribution in [0.4, 0.5) is 5.69 Å². The van der Waals surface area contributed by atoms with Crippen molar-refractivity contribution in [3.8, 4) is 5.75 Å². The van der Waals surface area contributed by atoms with Crippen LogP contribution >= 0.6 is 23.2 Å². The van der Waals surface area contributed by atoms with Gasteiger partial charge in [-0.15, -0.1) is 0 Å². The number of carbonyl (C=O) groups is 2. The molecule has 3 aromatic carbocycles. The second-order valence-corrected chi connectivity index (χ2v) is 11.3. The summed E-state index contributed by atoms with van der Waals surface area (Å²) in [7, 11) is -2.42. The molecule has 212 valence electrons. The lowest BCUT2D eigenvalue weighted by molar-refractivity contribution is -0.136. The zero-order chi connectivity index (χ0) is 29.4. The second kappa shape index (κ2) is 13.5. The molecule has 1 aromatic heterocycles. The van der Waals surface area contributed by atoms with Crippen molar-refractivity contribution in [2.45, 2.75) is 18.0 Å². The van der Waals surface area contributed by atoms with E-state index in [4.69, 9.17) is 32.4 Å². The van der Waals surface area contributed by atoms with Crippen LogP contribution in [-0.2, 0) is 32.7 Å². The Balaban J connectivity index is 1.41. The lowest BCUT2D eigenvalue weighted by Crippen LogP contribution is -2.32. The first kappa shape index (κ1) is 29.8. The molecule has 41 heavy (non-hydrogen) atoms. The third kappa shape index (κ3) is 7.95. The molecule has 0 radical (unpaired) electrons. The van der Waals surface area contributed by atoms with E-state index in [-0.39, 0.29) is 28.8 Å². The standard InChI is InChI=1S/C28H24Cl2N4O6S/c1-39-26-14-11-21(15-25(26)30)32-27(35)28(36)33-31-16-22-12-13-23(40-22)18-34(17-19-7-9-20(29)10-8-19)41(37,38)24-5-3-2-4-6-24/h2-16H,17-18H2,1H3,(H,32,35)(H,33,36)/b31-16+. The minimum atomic E-state index is -3.88. The van der Waals surface area contributed by atoms with Crippen LogP contribution in [0.5, 0.6) is 5.75 Å². The fourth-order valence-corrected chi connectivity index (χ4v) is 5.42. The fourth-order valence-electron chi connectivity index (χ4n) is 3.62. The van der Waals surface area contributed by atoms with E-state index in [1.54, 1.807) is 60.7 Å². The number of hydrogen-bond acceptors (Lipinski definition) is 7. The van der Waals surface area contributed by atoms with Crippen LogP contribution in [-0.4, -0.2) is 37.9 Å². The normalized spacial score (nSPS) is 11.5. The Hall–Kier alpha value is -4.16. The molecule has 0 saturated carbocycles. The minimum absolute atomic E-state index is 0.0725. The number of furan rings is 1. The average Bonchev–Trinajstić information content (AvgIpc) is 3.41. The number of nitrogens with one attached hydrogen (secondary N) is 2. The lowest BCUT2D eigenvalue weighted by atomic mass is 10.2. The maximum absolute atomic E-state index is 13.4. The highest BCUT2D eigenvalue weighted by atomic mass is 35.5. The monoisotopic (exact) mass is 614 g/mol. The van der Waals surface area contributed by atoms with Gasteiger partial charge in [0.2, 0.25) is 10.0 Å². The summed E-state index contributed by atoms with van der Waals surface area (Å²) in [4.78, 5) is 24.4. The maximum atomic E-state index is 13.4. The largest absolute Gasteiger partial charge is 0.495 e. The van der Waals surface area contributed by atoms with Crippen LogP contribution in [0.1, 0.15) is 17.1 Å². The van der Waals surface area contributed by atoms with Crippen molar-refractivity contribution in [2.24, 2.45) is 5.10 Å². The van der Waals surface area contributed by atoms with E-state index in [2.05, 4.69) is 15.8 Å². The summed E-state index contributed by atoms with van der Waals surface area (Å²) in [5, 5.41) is 6.95. The zero-order valence-corrected chi connectivity index (χ0v) is 23.9. The van der Waals surface area contributed by atoms with Crippen LogP contribution in [0.2, 0.25) is 10.0 Å². The van der Waals surface area contributed by atoms with Gasteiger partial charge in [0.15, 0.2) is 0 Å². The van der Waals surface area contributed by atoms with Gasteiger partial charge < -0.3 is 14.5 Å². The third-order valence-corrected chi connectivity index (χ3v) is 7.99. The van der Waals surface area contributed by atoms with Gasteiger partial charge in [-0.1, -0.05) is 53.5 Å². The highest BCUT2D eigenvalue weighted by molar-refractivity contribution is 7.89. The van der Waals surface area contributed by atoms with Gasteiger partial charge in [0.1, 0.15) is 17.3 Å². The molecule has 0 aliphatic rings. The minimum Gasteiger partial charge on any atom is -0.495 e. The van der Waals surface area contributed by atoms with Crippen molar-refractivity contribution in [2.75, 3.05) is 12.4 Å². The van der Waals surface area contributed by atoms with Gasteiger partial charge in [-0.3, -0.25) is 9.59 Å². The van der Waals surface area contributed by atoms with Gasteiger partial charge in [0.05, 0.1) is 29.8 Å². The van der Waals surface area contributed by atoms with E-state index >= 15 is 0 Å². The maximum Gasteiger partial charge on any atom is 0.329 e. The second-order valence-electron chi connectivity index (χ2n) is 8.52. The first-order valence-electron chi connectivity index (χ1n) is 12.0. The van der Waals surface area contributed by atoms with Crippen molar-refractivity contribution < 1.29 is 27.2 Å². The van der Waals surface area contributed by atoms with Crippen LogP contribution in [0, 0.1) is 0 Å². The van der Waals surface area contributed by atoms with E-state index < -0.39 is 21.8 Å². The van der Waals surface area contributed by atoms with Crippen LogP contribution in [0.15, 0.2) is 99.3 Å². The Labute approximate surface area is 246 Å². The van der Waals surface area contributed by atoms with Gasteiger partial charge in [-0.2, -0.15) is 9.41 Å². The van der Waals surface area contributed by atoms with E-state index in [0.29, 0.717) is 22.2 Å². The summed E-state index contributed by atoms with van der Waals surface area (Å²) >= 11 is 12.0. The molecule has 2 amide bonds. The molecule has 0 atom stereocenters. The highest BCUT2D eigenvalue weighted by Gasteiger charge is 2.26. The van der Waals surface area contributed by atoms with Gasteiger partial charge >= 0.3 is 11.8 Å². The molecule has 0 saturated heterocycles. The quantitative estimate of drug-likeness (QED) is 0.146. The molecule has 0 spiro atoms. The molecule has 0 bridgehead atoms. The smallest absolute Gasteiger partial charge is 0.329 e. The molecule has 0 fully saturated rings. The number of methoxy groups -OCH3 is 1. The number of benzene rings is 3. The topological polar surface area (TPSA) is 130 Å². The van der Waals surface area contributed by atoms with Crippen LogP contribution in [0.25, 0.3) is 0 Å². The molecule has 10 nitrogen and oxygen atoms in total. The van der Waals surface area contributed by atoms with Gasteiger partial charge in [-0.05, 0) is 60.2 Å². The summed E-state index contributed by atoms with van der Waals surface area (Å²) in [6.45, 7) is -0.00399. The van der Waals surface area contributed by atoms with E-state index in [0.717, 1.165) is 5.56 Å². The number of sulfonamides is 1. The number of carbonyl (C=O) groups excluding carboxylic acids is 2. The van der Waals surface area contributed by atoms with Gasteiger partial charge in [0, 0.05) is 17.3 Å². The number of amides is 2. The summed E-state index contributed by atoms with van der Waals surface area (Å²) in [6.07, 6.45) is 1.19. The van der Waals surface area contributed by atoms with E-state index in [1.165, 1.54) is 41.9 Å². The Morgan fingerprint density at radius 2 is 1.68 bits per heavy atom. The highest BCUT2D eigenvalue weighted by Crippen LogP contribution is 2.27. The number of rotatable bonds is 10. The Morgan fingerprint density at radius 1 is 0.951 bits per heavy atom. The Morgan fingerprint density at radius 3 is 2.37 bits per heavy atom. The number of anilines is 1. The molecule has 4 aromatic rings. The summed E-state index contributed by atoms with van der Waals surface area (Å²) in [5.41, 5.74) is 3.14. The molecule has 1 heterocycles. The van der Waals surface area contributed by atoms with Crippen molar-refractivity contribution in [3.63, 3.8) is 0 Å². The first-order chi connectivity index (χ1) is 19.7. The number of halogens is 2. The first-order valence-corrected chi connectivity index (χ1v) is 14.2. The number of ether oxygens (including phenoxy) is 1. The molecular weight excluding hydrogens is 591 g/mol. The number of hydrazone groups is 1. The predicted octanol–water partition coefficient (Wildman–Crippen LogP) is 5.07. The van der Waals surface area contributed by atoms with E-state index in [1.807, 2.05) is 0 Å². The Kier molecular flexibility index (Phi) is 9.79. The Bertz CT molecular complexity index is 1660. The molecule has 2 N–H and O–H groups in total. The van der Waals surface area contributed by atoms with Crippen LogP contribution < -0.4 is 15.5 Å². The van der Waals surface area contributed by atoms with Crippen molar-refractivity contribution in [3.05, 3.63) is 112 Å². The summed E-state index contributed by atoms with van der Waals surface area (Å²) < 4.78 is 38.9. The van der Waals surface area contributed by atoms with Crippen molar-refractivity contribution >= 4 is 56.9 Å². The number of hydrogen-bond donors (Lipinski definition) is 2. The predicted molar refractivity (Wildman–Crippen MR) is 155 cm³/mol. The number of nitrogens with zero attached hydrogens (tertiary/aromatic N) is 2. The molecule has 0 aliphatic carbocycles. The van der Waals surface area contributed by atoms with E-state index in [9.17, 15) is 18.0 Å². The van der Waals surface area contributed by atoms with Crippen molar-refractivity contribution in [1.29, 1.82) is 0 Å². The third-order valence-electron chi connectivity index (χ3n) is 5.64. The summed E-state index contributed by atoms with van der Waals surface area (Å²) in [6, 6.07) is 22.6. The van der Waals surface area contributed by atoms with Gasteiger partial charge in [0.25, 0.3) is 0 Å². The lowest BCUT2D eigenvalue weighted by Gasteiger charge is -2.21. The molecule has 0 aliphatic heterocycles. The van der Waals surface area contributed by atoms with Crippen LogP contribution in [0.3, 0.4) is 0 Å². The summed E-state index contributed by atoms with van der Waals surface area (Å²) in [5.74, 6) is -1.01.